The van der Waals surface area contributed by atoms with Crippen LogP contribution in [0.2, 0.25) is 0 Å². The van der Waals surface area contributed by atoms with Gasteiger partial charge in [0, 0.05) is 6.42 Å². The summed E-state index contributed by atoms with van der Waals surface area (Å²) in [4.78, 5) is 20.1. The molecule has 0 radical (unpaired) electrons. The van der Waals surface area contributed by atoms with Gasteiger partial charge in [0.05, 0.1) is 6.61 Å². The highest BCUT2D eigenvalue weighted by molar-refractivity contribution is 5.69. The first-order valence-electron chi connectivity index (χ1n) is 4.07. The zero-order valence-corrected chi connectivity index (χ0v) is 7.43. The van der Waals surface area contributed by atoms with E-state index in [0.717, 1.165) is 0 Å². The fraction of sp³-hybridized carbons (Fsp3) is 0.333. The number of rotatable bonds is 6. The van der Waals surface area contributed by atoms with E-state index >= 15 is 0 Å². The van der Waals surface area contributed by atoms with Crippen LogP contribution in [0.3, 0.4) is 0 Å². The molecule has 0 atom stereocenters. The maximum atomic E-state index is 10.3. The van der Waals surface area contributed by atoms with Crippen LogP contribution in [-0.4, -0.2) is 24.2 Å². The molecule has 5 nitrogen and oxygen atoms in total. The number of carboxylic acids is 1. The van der Waals surface area contributed by atoms with Crippen LogP contribution in [0.1, 0.15) is 11.5 Å². The highest BCUT2D eigenvalue weighted by atomic mass is 16.5. The molecule has 0 aliphatic carbocycles. The third-order valence-electron chi connectivity index (χ3n) is 1.58. The molecule has 1 heterocycles. The topological polar surface area (TPSA) is 76.7 Å². The van der Waals surface area contributed by atoms with Gasteiger partial charge < -0.3 is 14.3 Å². The Morgan fingerprint density at radius 1 is 1.50 bits per heavy atom. The van der Waals surface area contributed by atoms with Crippen LogP contribution in [0, 0.1) is 0 Å². The molecule has 1 aromatic rings. The van der Waals surface area contributed by atoms with Gasteiger partial charge in [-0.05, 0) is 12.1 Å². The van der Waals surface area contributed by atoms with Crippen molar-refractivity contribution in [2.45, 2.75) is 12.8 Å². The molecule has 0 aliphatic rings. The van der Waals surface area contributed by atoms with Crippen LogP contribution in [0.4, 0.5) is 0 Å². The fourth-order valence-electron chi connectivity index (χ4n) is 1.01. The molecule has 76 valence electrons. The Morgan fingerprint density at radius 3 is 2.86 bits per heavy atom. The predicted molar refractivity (Wildman–Crippen MR) is 45.8 cm³/mol. The zero-order chi connectivity index (χ0) is 10.4. The van der Waals surface area contributed by atoms with E-state index in [9.17, 15) is 9.59 Å². The summed E-state index contributed by atoms with van der Waals surface area (Å²) in [5, 5.41) is 8.46. The normalized spacial score (nSPS) is 9.71. The van der Waals surface area contributed by atoms with Gasteiger partial charge in [-0.15, -0.1) is 0 Å². The number of carbonyl (C=O) groups excluding carboxylic acids is 1. The average molecular weight is 198 g/mol. The van der Waals surface area contributed by atoms with Gasteiger partial charge in [-0.1, -0.05) is 0 Å². The monoisotopic (exact) mass is 198 g/mol. The number of furan rings is 1. The molecule has 0 saturated carbocycles. The van der Waals surface area contributed by atoms with Crippen LogP contribution < -0.4 is 0 Å². The maximum absolute atomic E-state index is 10.3. The van der Waals surface area contributed by atoms with Gasteiger partial charge in [-0.3, -0.25) is 9.59 Å². The lowest BCUT2D eigenvalue weighted by Gasteiger charge is -1.95. The molecule has 0 unspecified atom stereocenters. The molecule has 0 aromatic carbocycles. The maximum Gasteiger partial charge on any atom is 0.311 e. The van der Waals surface area contributed by atoms with Crippen molar-refractivity contribution in [3.63, 3.8) is 0 Å². The molecule has 0 amide bonds. The van der Waals surface area contributed by atoms with Gasteiger partial charge in [0.2, 0.25) is 0 Å². The first kappa shape index (κ1) is 10.3. The first-order chi connectivity index (χ1) is 6.72. The van der Waals surface area contributed by atoms with E-state index in [1.54, 1.807) is 12.1 Å². The summed E-state index contributed by atoms with van der Waals surface area (Å²) in [6, 6.07) is 3.27. The van der Waals surface area contributed by atoms with Crippen LogP contribution in [0.15, 0.2) is 16.5 Å². The van der Waals surface area contributed by atoms with Crippen molar-refractivity contribution >= 4 is 12.4 Å². The van der Waals surface area contributed by atoms with Crippen molar-refractivity contribution in [3.05, 3.63) is 23.7 Å². The second kappa shape index (κ2) is 5.06. The van der Waals surface area contributed by atoms with Crippen molar-refractivity contribution in [3.8, 4) is 0 Å². The minimum absolute atomic E-state index is 0.130. The largest absolute Gasteiger partial charge is 0.481 e. The minimum Gasteiger partial charge on any atom is -0.481 e. The lowest BCUT2D eigenvalue weighted by atomic mass is 10.3. The van der Waals surface area contributed by atoms with Gasteiger partial charge in [0.15, 0.2) is 0 Å². The number of ether oxygens (including phenoxy) is 1. The van der Waals surface area contributed by atoms with Crippen LogP contribution >= 0.6 is 0 Å². The van der Waals surface area contributed by atoms with Gasteiger partial charge in [0.25, 0.3) is 6.47 Å². The van der Waals surface area contributed by atoms with Crippen LogP contribution in [0.5, 0.6) is 0 Å². The van der Waals surface area contributed by atoms with Crippen molar-refractivity contribution in [2.24, 2.45) is 0 Å². The fourth-order valence-corrected chi connectivity index (χ4v) is 1.01. The first-order valence-corrected chi connectivity index (χ1v) is 4.07. The molecule has 14 heavy (non-hydrogen) atoms. The third kappa shape index (κ3) is 3.30. The second-order valence-electron chi connectivity index (χ2n) is 2.66. The molecule has 1 aromatic heterocycles. The van der Waals surface area contributed by atoms with Crippen molar-refractivity contribution < 1.29 is 23.8 Å². The molecule has 0 aliphatic heterocycles. The number of carboxylic acid groups (broad SMARTS) is 1. The number of hydrogen-bond donors (Lipinski definition) is 1. The lowest BCUT2D eigenvalue weighted by Crippen LogP contribution is -1.98. The SMILES string of the molecule is O=COCCc1ccc(CC(=O)O)o1. The molecule has 0 bridgehead atoms. The van der Waals surface area contributed by atoms with E-state index in [2.05, 4.69) is 4.74 Å². The third-order valence-corrected chi connectivity index (χ3v) is 1.58. The lowest BCUT2D eigenvalue weighted by molar-refractivity contribution is -0.136. The van der Waals surface area contributed by atoms with Gasteiger partial charge in [0.1, 0.15) is 17.9 Å². The van der Waals surface area contributed by atoms with Gasteiger partial charge in [-0.2, -0.15) is 0 Å². The van der Waals surface area contributed by atoms with Crippen molar-refractivity contribution in [1.29, 1.82) is 0 Å². The summed E-state index contributed by atoms with van der Waals surface area (Å²) < 4.78 is 9.64. The average Bonchev–Trinajstić information content (AvgIpc) is 2.52. The van der Waals surface area contributed by atoms with Crippen LogP contribution in [-0.2, 0) is 27.2 Å². The summed E-state index contributed by atoms with van der Waals surface area (Å²) >= 11 is 0. The Morgan fingerprint density at radius 2 is 2.21 bits per heavy atom. The Labute approximate surface area is 80.3 Å². The van der Waals surface area contributed by atoms with E-state index in [4.69, 9.17) is 9.52 Å². The summed E-state index contributed by atoms with van der Waals surface area (Å²) in [7, 11) is 0. The summed E-state index contributed by atoms with van der Waals surface area (Å²) in [6.07, 6.45) is 0.326. The van der Waals surface area contributed by atoms with E-state index in [-0.39, 0.29) is 13.0 Å². The van der Waals surface area contributed by atoms with Gasteiger partial charge >= 0.3 is 5.97 Å². The number of hydrogen-bond acceptors (Lipinski definition) is 4. The molecule has 0 saturated heterocycles. The zero-order valence-electron chi connectivity index (χ0n) is 7.43. The standard InChI is InChI=1S/C9H10O5/c10-6-13-4-3-7-1-2-8(14-7)5-9(11)12/h1-2,6H,3-5H2,(H,11,12). The predicted octanol–water partition coefficient (Wildman–Crippen LogP) is 0.622. The van der Waals surface area contributed by atoms with Crippen LogP contribution in [0.25, 0.3) is 0 Å². The van der Waals surface area contributed by atoms with E-state index in [1.807, 2.05) is 0 Å². The molecular formula is C9H10O5. The molecule has 5 heteroatoms. The second-order valence-corrected chi connectivity index (χ2v) is 2.66. The highest BCUT2D eigenvalue weighted by Crippen LogP contribution is 2.09. The number of carbonyl (C=O) groups is 2. The molecule has 1 rings (SSSR count). The Bertz CT molecular complexity index is 315. The van der Waals surface area contributed by atoms with E-state index < -0.39 is 5.97 Å². The smallest absolute Gasteiger partial charge is 0.311 e. The van der Waals surface area contributed by atoms with Crippen molar-refractivity contribution in [1.82, 2.24) is 0 Å². The van der Waals surface area contributed by atoms with Gasteiger partial charge in [-0.25, -0.2) is 0 Å². The Hall–Kier alpha value is -1.78. The van der Waals surface area contributed by atoms with Crippen molar-refractivity contribution in [2.75, 3.05) is 6.61 Å². The summed E-state index contributed by atoms with van der Waals surface area (Å²) in [5.74, 6) is 0.0803. The molecule has 1 N–H and O–H groups in total. The minimum atomic E-state index is -0.935. The molecular weight excluding hydrogens is 188 g/mol. The summed E-state index contributed by atoms with van der Waals surface area (Å²) in [5.41, 5.74) is 0. The highest BCUT2D eigenvalue weighted by Gasteiger charge is 2.05. The Balaban J connectivity index is 2.42. The number of aliphatic carboxylic acids is 1. The summed E-state index contributed by atoms with van der Waals surface area (Å²) in [6.45, 7) is 0.602. The molecule has 0 spiro atoms. The molecule has 0 fully saturated rings. The van der Waals surface area contributed by atoms with E-state index in [0.29, 0.717) is 24.4 Å². The quantitative estimate of drug-likeness (QED) is 0.535. The van der Waals surface area contributed by atoms with E-state index in [1.165, 1.54) is 0 Å². The Kier molecular flexibility index (Phi) is 3.72.